The number of esters is 2. The molecular weight excluding hydrogens is 596 g/mol. The smallest absolute Gasteiger partial charge is 0.344 e. The molecule has 1 aliphatic rings. The fourth-order valence-corrected chi connectivity index (χ4v) is 5.88. The van der Waals surface area contributed by atoms with E-state index in [0.717, 1.165) is 25.7 Å². The van der Waals surface area contributed by atoms with Gasteiger partial charge in [-0.05, 0) is 104 Å². The fraction of sp³-hybridized carbons (Fsp3) is 0.161. The van der Waals surface area contributed by atoms with Crippen molar-refractivity contribution in [1.29, 1.82) is 0 Å². The Labute approximate surface area is 232 Å². The van der Waals surface area contributed by atoms with E-state index >= 15 is 0 Å². The Bertz CT molecular complexity index is 1320. The average molecular weight is 620 g/mol. The lowest BCUT2D eigenvalue weighted by Crippen LogP contribution is -2.23. The summed E-state index contributed by atoms with van der Waals surface area (Å²) in [4.78, 5) is 25.2. The van der Waals surface area contributed by atoms with Crippen LogP contribution >= 0.6 is 31.9 Å². The number of halogens is 2. The number of hydrogen-bond donors (Lipinski definition) is 0. The first-order chi connectivity index (χ1) is 18.0. The molecule has 1 fully saturated rings. The Kier molecular flexibility index (Phi) is 7.58. The Morgan fingerprint density at radius 1 is 0.568 bits per heavy atom. The third-order valence-electron chi connectivity index (χ3n) is 6.88. The summed E-state index contributed by atoms with van der Waals surface area (Å²) < 4.78 is 12.6. The van der Waals surface area contributed by atoms with Crippen molar-refractivity contribution in [2.24, 2.45) is 0 Å². The van der Waals surface area contributed by atoms with Crippen LogP contribution in [0.25, 0.3) is 0 Å². The highest BCUT2D eigenvalue weighted by Gasteiger charge is 2.37. The predicted molar refractivity (Wildman–Crippen MR) is 150 cm³/mol. The Morgan fingerprint density at radius 3 is 1.32 bits per heavy atom. The van der Waals surface area contributed by atoms with E-state index in [-0.39, 0.29) is 5.41 Å². The van der Waals surface area contributed by atoms with E-state index in [1.165, 1.54) is 11.1 Å². The SMILES string of the molecule is O=C(Oc1ccc(C2(c3ccc(OC(=O)c4ccccc4Br)cc3)CCCC2)cc1)c1ccccc1Br. The van der Waals surface area contributed by atoms with Gasteiger partial charge in [-0.25, -0.2) is 9.59 Å². The molecule has 4 aromatic carbocycles. The van der Waals surface area contributed by atoms with Gasteiger partial charge in [-0.3, -0.25) is 0 Å². The predicted octanol–water partition coefficient (Wildman–Crippen LogP) is 8.51. The molecule has 0 radical (unpaired) electrons. The van der Waals surface area contributed by atoms with Crippen molar-refractivity contribution >= 4 is 43.8 Å². The van der Waals surface area contributed by atoms with Gasteiger partial charge in [0.2, 0.25) is 0 Å². The minimum absolute atomic E-state index is 0.129. The van der Waals surface area contributed by atoms with Crippen LogP contribution in [0.3, 0.4) is 0 Å². The lowest BCUT2D eigenvalue weighted by atomic mass is 9.73. The zero-order chi connectivity index (χ0) is 25.8. The molecule has 0 N–H and O–H groups in total. The van der Waals surface area contributed by atoms with Gasteiger partial charge in [0.1, 0.15) is 11.5 Å². The summed E-state index contributed by atoms with van der Waals surface area (Å²) in [6.45, 7) is 0. The van der Waals surface area contributed by atoms with Gasteiger partial charge in [-0.15, -0.1) is 0 Å². The number of rotatable bonds is 6. The molecule has 0 spiro atoms. The van der Waals surface area contributed by atoms with Crippen LogP contribution in [-0.4, -0.2) is 11.9 Å². The molecule has 186 valence electrons. The Morgan fingerprint density at radius 2 is 0.946 bits per heavy atom. The number of carbonyl (C=O) groups is 2. The van der Waals surface area contributed by atoms with Gasteiger partial charge in [0.25, 0.3) is 0 Å². The molecule has 6 heteroatoms. The van der Waals surface area contributed by atoms with Gasteiger partial charge in [-0.2, -0.15) is 0 Å². The normalized spacial score (nSPS) is 14.2. The molecule has 0 unspecified atom stereocenters. The highest BCUT2D eigenvalue weighted by Crippen LogP contribution is 2.47. The standard InChI is InChI=1S/C31H24Br2O4/c32-27-9-3-1-7-25(27)29(34)36-23-15-11-21(12-16-23)31(19-5-6-20-31)22-13-17-24(18-14-22)37-30(35)26-8-2-4-10-28(26)33/h1-4,7-18H,5-6,19-20H2. The van der Waals surface area contributed by atoms with Crippen LogP contribution < -0.4 is 9.47 Å². The van der Waals surface area contributed by atoms with Crippen LogP contribution in [0.1, 0.15) is 57.5 Å². The van der Waals surface area contributed by atoms with Crippen molar-refractivity contribution < 1.29 is 19.1 Å². The maximum absolute atomic E-state index is 12.6. The second kappa shape index (κ2) is 11.0. The summed E-state index contributed by atoms with van der Waals surface area (Å²) in [7, 11) is 0. The van der Waals surface area contributed by atoms with Crippen molar-refractivity contribution in [3.8, 4) is 11.5 Å². The summed E-state index contributed by atoms with van der Waals surface area (Å²) >= 11 is 6.80. The van der Waals surface area contributed by atoms with Crippen LogP contribution in [-0.2, 0) is 5.41 Å². The summed E-state index contributed by atoms with van der Waals surface area (Å²) in [5.74, 6) is 0.214. The topological polar surface area (TPSA) is 52.6 Å². The minimum Gasteiger partial charge on any atom is -0.423 e. The van der Waals surface area contributed by atoms with Crippen LogP contribution in [0.4, 0.5) is 0 Å². The number of hydrogen-bond acceptors (Lipinski definition) is 4. The van der Waals surface area contributed by atoms with Crippen molar-refractivity contribution in [3.63, 3.8) is 0 Å². The van der Waals surface area contributed by atoms with Gasteiger partial charge < -0.3 is 9.47 Å². The van der Waals surface area contributed by atoms with Crippen molar-refractivity contribution in [1.82, 2.24) is 0 Å². The van der Waals surface area contributed by atoms with Gasteiger partial charge in [-0.1, -0.05) is 61.4 Å². The van der Waals surface area contributed by atoms with Gasteiger partial charge in [0, 0.05) is 14.4 Å². The summed E-state index contributed by atoms with van der Waals surface area (Å²) in [6, 6.07) is 30.1. The molecule has 0 aromatic heterocycles. The number of benzene rings is 4. The number of ether oxygens (including phenoxy) is 2. The molecule has 0 atom stereocenters. The number of carbonyl (C=O) groups excluding carboxylic acids is 2. The Hall–Kier alpha value is -3.22. The molecule has 1 aliphatic carbocycles. The van der Waals surface area contributed by atoms with Crippen LogP contribution in [0.2, 0.25) is 0 Å². The largest absolute Gasteiger partial charge is 0.423 e. The second-order valence-corrected chi connectivity index (χ2v) is 10.8. The molecule has 0 aliphatic heterocycles. The summed E-state index contributed by atoms with van der Waals surface area (Å²) in [5, 5.41) is 0. The van der Waals surface area contributed by atoms with E-state index in [0.29, 0.717) is 31.6 Å². The minimum atomic E-state index is -0.400. The zero-order valence-electron chi connectivity index (χ0n) is 20.0. The van der Waals surface area contributed by atoms with Gasteiger partial charge in [0.15, 0.2) is 0 Å². The lowest BCUT2D eigenvalue weighted by molar-refractivity contribution is 0.0724. The highest BCUT2D eigenvalue weighted by atomic mass is 79.9. The molecule has 37 heavy (non-hydrogen) atoms. The quantitative estimate of drug-likeness (QED) is 0.160. The van der Waals surface area contributed by atoms with E-state index < -0.39 is 11.9 Å². The molecule has 4 nitrogen and oxygen atoms in total. The third-order valence-corrected chi connectivity index (χ3v) is 8.26. The van der Waals surface area contributed by atoms with E-state index in [4.69, 9.17) is 9.47 Å². The molecule has 5 rings (SSSR count). The first-order valence-electron chi connectivity index (χ1n) is 12.1. The first-order valence-corrected chi connectivity index (χ1v) is 13.7. The molecule has 1 saturated carbocycles. The van der Waals surface area contributed by atoms with Crippen LogP contribution in [0.5, 0.6) is 11.5 Å². The van der Waals surface area contributed by atoms with Gasteiger partial charge in [0.05, 0.1) is 11.1 Å². The van der Waals surface area contributed by atoms with E-state index in [1.807, 2.05) is 48.5 Å². The summed E-state index contributed by atoms with van der Waals surface area (Å²) in [5.41, 5.74) is 3.21. The van der Waals surface area contributed by atoms with Crippen molar-refractivity contribution in [2.45, 2.75) is 31.1 Å². The third kappa shape index (κ3) is 5.41. The fourth-order valence-electron chi connectivity index (χ4n) is 4.98. The van der Waals surface area contributed by atoms with E-state index in [2.05, 4.69) is 56.1 Å². The maximum atomic E-state index is 12.6. The Balaban J connectivity index is 1.33. The van der Waals surface area contributed by atoms with Crippen LogP contribution in [0, 0.1) is 0 Å². The maximum Gasteiger partial charge on any atom is 0.344 e. The first kappa shape index (κ1) is 25.4. The van der Waals surface area contributed by atoms with E-state index in [9.17, 15) is 9.59 Å². The molecule has 0 bridgehead atoms. The van der Waals surface area contributed by atoms with E-state index in [1.54, 1.807) is 24.3 Å². The highest BCUT2D eigenvalue weighted by molar-refractivity contribution is 9.10. The summed E-state index contributed by atoms with van der Waals surface area (Å²) in [6.07, 6.45) is 4.33. The molecule has 4 aromatic rings. The van der Waals surface area contributed by atoms with Crippen LogP contribution in [0.15, 0.2) is 106 Å². The molecular formula is C31H24Br2O4. The molecule has 0 saturated heterocycles. The average Bonchev–Trinajstić information content (AvgIpc) is 3.41. The monoisotopic (exact) mass is 618 g/mol. The second-order valence-electron chi connectivity index (χ2n) is 9.08. The van der Waals surface area contributed by atoms with Crippen molar-refractivity contribution in [2.75, 3.05) is 0 Å². The lowest BCUT2D eigenvalue weighted by Gasteiger charge is -2.31. The van der Waals surface area contributed by atoms with Crippen molar-refractivity contribution in [3.05, 3.63) is 128 Å². The molecule has 0 amide bonds. The van der Waals surface area contributed by atoms with Gasteiger partial charge >= 0.3 is 11.9 Å². The zero-order valence-corrected chi connectivity index (χ0v) is 23.1. The molecule has 0 heterocycles.